The van der Waals surface area contributed by atoms with E-state index in [1.807, 2.05) is 13.8 Å². The Morgan fingerprint density at radius 2 is 1.83 bits per heavy atom. The maximum atomic E-state index is 13.0. The SMILES string of the molecule is CC(C)CC(N)C(=O)NC(Cc1ccccc1C(F)(F)F)C(=O)O. The molecule has 0 bridgehead atoms. The van der Waals surface area contributed by atoms with Gasteiger partial charge in [-0.2, -0.15) is 13.2 Å². The number of nitrogens with one attached hydrogen (secondary N) is 1. The highest BCUT2D eigenvalue weighted by Crippen LogP contribution is 2.32. The van der Waals surface area contributed by atoms with E-state index < -0.39 is 42.1 Å². The lowest BCUT2D eigenvalue weighted by Gasteiger charge is -2.20. The molecule has 134 valence electrons. The van der Waals surface area contributed by atoms with Crippen LogP contribution >= 0.6 is 0 Å². The van der Waals surface area contributed by atoms with E-state index in [0.717, 1.165) is 6.07 Å². The largest absolute Gasteiger partial charge is 0.480 e. The first-order valence-electron chi connectivity index (χ1n) is 7.46. The van der Waals surface area contributed by atoms with E-state index in [1.54, 1.807) is 0 Å². The van der Waals surface area contributed by atoms with Gasteiger partial charge in [-0.1, -0.05) is 32.0 Å². The molecule has 0 heterocycles. The van der Waals surface area contributed by atoms with Gasteiger partial charge in [0, 0.05) is 6.42 Å². The summed E-state index contributed by atoms with van der Waals surface area (Å²) < 4.78 is 38.9. The van der Waals surface area contributed by atoms with Crippen molar-refractivity contribution in [1.29, 1.82) is 0 Å². The van der Waals surface area contributed by atoms with Crippen LogP contribution in [0.5, 0.6) is 0 Å². The molecule has 1 rings (SSSR count). The Hall–Kier alpha value is -2.09. The minimum Gasteiger partial charge on any atom is -0.480 e. The van der Waals surface area contributed by atoms with Gasteiger partial charge in [0.05, 0.1) is 11.6 Å². The predicted octanol–water partition coefficient (Wildman–Crippen LogP) is 2.19. The highest BCUT2D eigenvalue weighted by molar-refractivity contribution is 5.86. The minimum absolute atomic E-state index is 0.125. The fraction of sp³-hybridized carbons (Fsp3) is 0.500. The molecular weight excluding hydrogens is 325 g/mol. The maximum Gasteiger partial charge on any atom is 0.416 e. The summed E-state index contributed by atoms with van der Waals surface area (Å²) in [4.78, 5) is 23.3. The van der Waals surface area contributed by atoms with Crippen molar-refractivity contribution >= 4 is 11.9 Å². The number of halogens is 3. The van der Waals surface area contributed by atoms with Crippen LogP contribution in [-0.2, 0) is 22.2 Å². The van der Waals surface area contributed by atoms with Gasteiger partial charge in [0.25, 0.3) is 0 Å². The summed E-state index contributed by atoms with van der Waals surface area (Å²) in [6.45, 7) is 3.70. The first kappa shape index (κ1) is 20.0. The zero-order valence-corrected chi connectivity index (χ0v) is 13.4. The third kappa shape index (κ3) is 5.84. The molecule has 2 unspecified atom stereocenters. The fourth-order valence-corrected chi connectivity index (χ4v) is 2.29. The minimum atomic E-state index is -4.60. The summed E-state index contributed by atoms with van der Waals surface area (Å²) in [5.74, 6) is -1.99. The van der Waals surface area contributed by atoms with Crippen molar-refractivity contribution in [2.75, 3.05) is 0 Å². The summed E-state index contributed by atoms with van der Waals surface area (Å²) in [5, 5.41) is 11.4. The van der Waals surface area contributed by atoms with Gasteiger partial charge in [-0.25, -0.2) is 4.79 Å². The topological polar surface area (TPSA) is 92.4 Å². The number of rotatable bonds is 7. The number of amides is 1. The van der Waals surface area contributed by atoms with Crippen LogP contribution < -0.4 is 11.1 Å². The second-order valence-corrected chi connectivity index (χ2v) is 5.99. The van der Waals surface area contributed by atoms with Crippen LogP contribution in [0, 0.1) is 5.92 Å². The Bertz CT molecular complexity index is 588. The van der Waals surface area contributed by atoms with E-state index in [9.17, 15) is 27.9 Å². The second-order valence-electron chi connectivity index (χ2n) is 5.99. The molecule has 1 aromatic rings. The van der Waals surface area contributed by atoms with Crippen molar-refractivity contribution in [2.45, 2.75) is 44.9 Å². The van der Waals surface area contributed by atoms with Crippen molar-refractivity contribution in [3.05, 3.63) is 35.4 Å². The zero-order chi connectivity index (χ0) is 18.5. The molecule has 4 N–H and O–H groups in total. The van der Waals surface area contributed by atoms with E-state index >= 15 is 0 Å². The summed E-state index contributed by atoms with van der Waals surface area (Å²) in [6, 6.07) is 2.28. The molecule has 1 aromatic carbocycles. The Morgan fingerprint density at radius 3 is 2.33 bits per heavy atom. The van der Waals surface area contributed by atoms with Crippen LogP contribution in [0.3, 0.4) is 0 Å². The number of carbonyl (C=O) groups excluding carboxylic acids is 1. The average Bonchev–Trinajstić information content (AvgIpc) is 2.45. The van der Waals surface area contributed by atoms with E-state index in [2.05, 4.69) is 5.32 Å². The number of benzene rings is 1. The summed E-state index contributed by atoms with van der Waals surface area (Å²) >= 11 is 0. The molecule has 0 aliphatic carbocycles. The van der Waals surface area contributed by atoms with E-state index in [0.29, 0.717) is 6.42 Å². The molecule has 8 heteroatoms. The third-order valence-electron chi connectivity index (χ3n) is 3.42. The Balaban J connectivity index is 2.93. The fourth-order valence-electron chi connectivity index (χ4n) is 2.29. The average molecular weight is 346 g/mol. The van der Waals surface area contributed by atoms with E-state index in [1.165, 1.54) is 18.2 Å². The van der Waals surface area contributed by atoms with Crippen LogP contribution in [0.15, 0.2) is 24.3 Å². The lowest BCUT2D eigenvalue weighted by Crippen LogP contribution is -2.49. The van der Waals surface area contributed by atoms with Gasteiger partial charge in [0.15, 0.2) is 0 Å². The van der Waals surface area contributed by atoms with Gasteiger partial charge in [0.2, 0.25) is 5.91 Å². The van der Waals surface area contributed by atoms with Crippen LogP contribution in [-0.4, -0.2) is 29.1 Å². The molecular formula is C16H21F3N2O3. The molecule has 24 heavy (non-hydrogen) atoms. The highest BCUT2D eigenvalue weighted by Gasteiger charge is 2.34. The second kappa shape index (κ2) is 8.14. The third-order valence-corrected chi connectivity index (χ3v) is 3.42. The molecule has 0 spiro atoms. The number of carboxylic acid groups (broad SMARTS) is 1. The number of alkyl halides is 3. The first-order chi connectivity index (χ1) is 11.0. The molecule has 0 saturated carbocycles. The molecule has 0 fully saturated rings. The summed E-state index contributed by atoms with van der Waals surface area (Å²) in [6.07, 6.45) is -4.74. The number of carbonyl (C=O) groups is 2. The number of aliphatic carboxylic acids is 1. The Morgan fingerprint density at radius 1 is 1.25 bits per heavy atom. The molecule has 0 radical (unpaired) electrons. The predicted molar refractivity (Wildman–Crippen MR) is 82.1 cm³/mol. The Labute approximate surface area is 138 Å². The van der Waals surface area contributed by atoms with Crippen molar-refractivity contribution in [3.8, 4) is 0 Å². The molecule has 2 atom stereocenters. The van der Waals surface area contributed by atoms with Gasteiger partial charge in [-0.3, -0.25) is 4.79 Å². The number of carboxylic acids is 1. The monoisotopic (exact) mass is 346 g/mol. The highest BCUT2D eigenvalue weighted by atomic mass is 19.4. The van der Waals surface area contributed by atoms with Crippen LogP contribution in [0.4, 0.5) is 13.2 Å². The first-order valence-corrected chi connectivity index (χ1v) is 7.46. The normalized spacial score (nSPS) is 14.3. The van der Waals surface area contributed by atoms with E-state index in [4.69, 9.17) is 5.73 Å². The molecule has 0 saturated heterocycles. The smallest absolute Gasteiger partial charge is 0.416 e. The van der Waals surface area contributed by atoms with Gasteiger partial charge in [-0.15, -0.1) is 0 Å². The van der Waals surface area contributed by atoms with Gasteiger partial charge in [0.1, 0.15) is 6.04 Å². The van der Waals surface area contributed by atoms with E-state index in [-0.39, 0.29) is 11.5 Å². The van der Waals surface area contributed by atoms with Crippen molar-refractivity contribution in [3.63, 3.8) is 0 Å². The molecule has 0 aliphatic heterocycles. The maximum absolute atomic E-state index is 13.0. The van der Waals surface area contributed by atoms with Crippen LogP contribution in [0.25, 0.3) is 0 Å². The molecule has 5 nitrogen and oxygen atoms in total. The molecule has 0 aliphatic rings. The zero-order valence-electron chi connectivity index (χ0n) is 13.4. The van der Waals surface area contributed by atoms with Crippen molar-refractivity contribution < 1.29 is 27.9 Å². The van der Waals surface area contributed by atoms with Crippen molar-refractivity contribution in [2.24, 2.45) is 11.7 Å². The lowest BCUT2D eigenvalue weighted by atomic mass is 9.99. The number of hydrogen-bond donors (Lipinski definition) is 3. The Kier molecular flexibility index (Phi) is 6.77. The number of nitrogens with two attached hydrogens (primary N) is 1. The standard InChI is InChI=1S/C16H21F3N2O3/c1-9(2)7-12(20)14(22)21-13(15(23)24)8-10-5-3-4-6-11(10)16(17,18)19/h3-6,9,12-13H,7-8,20H2,1-2H3,(H,21,22)(H,23,24). The van der Waals surface area contributed by atoms with Gasteiger partial charge < -0.3 is 16.2 Å². The van der Waals surface area contributed by atoms with Crippen molar-refractivity contribution in [1.82, 2.24) is 5.32 Å². The molecule has 1 amide bonds. The van der Waals surface area contributed by atoms with Gasteiger partial charge in [-0.05, 0) is 24.0 Å². The molecule has 0 aromatic heterocycles. The quantitative estimate of drug-likeness (QED) is 0.706. The van der Waals surface area contributed by atoms with Gasteiger partial charge >= 0.3 is 12.1 Å². The lowest BCUT2D eigenvalue weighted by molar-refractivity contribution is -0.143. The summed E-state index contributed by atoms with van der Waals surface area (Å²) in [7, 11) is 0. The summed E-state index contributed by atoms with van der Waals surface area (Å²) in [5.41, 5.74) is 4.56. The van der Waals surface area contributed by atoms with Crippen LogP contribution in [0.1, 0.15) is 31.4 Å². The number of hydrogen-bond acceptors (Lipinski definition) is 3. The van der Waals surface area contributed by atoms with Crippen LogP contribution in [0.2, 0.25) is 0 Å².